The number of hydrogen-bond donors (Lipinski definition) is 2. The van der Waals surface area contributed by atoms with Gasteiger partial charge in [-0.1, -0.05) is 44.2 Å². The van der Waals surface area contributed by atoms with Crippen molar-refractivity contribution in [2.75, 3.05) is 45.9 Å². The van der Waals surface area contributed by atoms with Gasteiger partial charge in [0.2, 0.25) is 5.91 Å². The van der Waals surface area contributed by atoms with Gasteiger partial charge in [-0.3, -0.25) is 14.5 Å². The molecule has 1 aromatic rings. The molecule has 1 unspecified atom stereocenters. The van der Waals surface area contributed by atoms with Crippen LogP contribution in [0.4, 0.5) is 4.79 Å². The van der Waals surface area contributed by atoms with E-state index in [9.17, 15) is 19.6 Å². The molecule has 2 atom stereocenters. The summed E-state index contributed by atoms with van der Waals surface area (Å²) in [5.41, 5.74) is -0.199. The van der Waals surface area contributed by atoms with Gasteiger partial charge >= 0.3 is 6.09 Å². The van der Waals surface area contributed by atoms with Crippen molar-refractivity contribution in [2.45, 2.75) is 64.1 Å². The predicted octanol–water partition coefficient (Wildman–Crippen LogP) is 2.44. The molecule has 38 heavy (non-hydrogen) atoms. The second kappa shape index (κ2) is 14.7. The number of hydrogen-bond acceptors (Lipinski definition) is 7. The van der Waals surface area contributed by atoms with Gasteiger partial charge in [-0.25, -0.2) is 4.79 Å². The number of morpholine rings is 1. The van der Waals surface area contributed by atoms with Crippen LogP contribution in [0.25, 0.3) is 0 Å². The first-order chi connectivity index (χ1) is 18.3. The Labute approximate surface area is 225 Å². The minimum absolute atomic E-state index is 0.0627. The third-order valence-electron chi connectivity index (χ3n) is 7.02. The number of rotatable bonds is 10. The third-order valence-corrected chi connectivity index (χ3v) is 7.02. The Balaban J connectivity index is 1.54. The van der Waals surface area contributed by atoms with Gasteiger partial charge < -0.3 is 25.0 Å². The lowest BCUT2D eigenvalue weighted by molar-refractivity contribution is -0.132. The van der Waals surface area contributed by atoms with E-state index < -0.39 is 23.6 Å². The van der Waals surface area contributed by atoms with E-state index in [2.05, 4.69) is 21.6 Å². The molecule has 3 amide bonds. The highest BCUT2D eigenvalue weighted by Gasteiger charge is 2.38. The maximum Gasteiger partial charge on any atom is 0.408 e. The van der Waals surface area contributed by atoms with Crippen LogP contribution >= 0.6 is 0 Å². The van der Waals surface area contributed by atoms with Crippen molar-refractivity contribution in [3.05, 3.63) is 35.9 Å². The summed E-state index contributed by atoms with van der Waals surface area (Å²) < 4.78 is 10.9. The molecule has 1 aromatic carbocycles. The summed E-state index contributed by atoms with van der Waals surface area (Å²) in [6, 6.07) is 11.7. The van der Waals surface area contributed by atoms with Crippen LogP contribution in [0.3, 0.4) is 0 Å². The van der Waals surface area contributed by atoms with Gasteiger partial charge in [-0.15, -0.1) is 0 Å². The van der Waals surface area contributed by atoms with Crippen molar-refractivity contribution >= 4 is 17.9 Å². The highest BCUT2D eigenvalue weighted by molar-refractivity contribution is 5.84. The van der Waals surface area contributed by atoms with E-state index in [1.165, 1.54) is 0 Å². The quantitative estimate of drug-likeness (QED) is 0.479. The largest absolute Gasteiger partial charge is 0.436 e. The molecule has 2 heterocycles. The number of likely N-dealkylation sites (tertiary alicyclic amines) is 1. The second-order valence-electron chi connectivity index (χ2n) is 10.5. The molecular weight excluding hydrogens is 486 g/mol. The molecule has 0 saturated carbocycles. The SMILES string of the molecule is CC(C)C[C@H](OC(=O)NCc1ccccc1)C(=O)NC1(C#N)CCCN(C(=O)CCN2CCOCC2)CC1. The first-order valence-corrected chi connectivity index (χ1v) is 13.6. The average Bonchev–Trinajstić information content (AvgIpc) is 3.14. The van der Waals surface area contributed by atoms with Crippen LogP contribution in [0.2, 0.25) is 0 Å². The molecule has 0 aliphatic carbocycles. The topological polar surface area (TPSA) is 124 Å². The summed E-state index contributed by atoms with van der Waals surface area (Å²) in [6.07, 6.45) is 0.408. The standard InChI is InChI=1S/C28H41N5O5/c1-22(2)19-24(38-27(36)30-20-23-7-4-3-5-8-23)26(35)31-28(21-29)10-6-12-33(14-11-28)25(34)9-13-32-15-17-37-18-16-32/h3-5,7-8,22,24H,6,9-20H2,1-2H3,(H,30,36)(H,31,35)/t24-,28?/m0/s1. The zero-order valence-corrected chi connectivity index (χ0v) is 22.6. The number of amides is 3. The molecular formula is C28H41N5O5. The fourth-order valence-electron chi connectivity index (χ4n) is 4.78. The number of alkyl carbamates (subject to hydrolysis) is 1. The van der Waals surface area contributed by atoms with Gasteiger partial charge in [0.05, 0.1) is 19.3 Å². The Bertz CT molecular complexity index is 960. The molecule has 2 fully saturated rings. The summed E-state index contributed by atoms with van der Waals surface area (Å²) in [7, 11) is 0. The summed E-state index contributed by atoms with van der Waals surface area (Å²) in [5.74, 6) is -0.325. The van der Waals surface area contributed by atoms with E-state index >= 15 is 0 Å². The molecule has 2 N–H and O–H groups in total. The van der Waals surface area contributed by atoms with Crippen molar-refractivity contribution < 1.29 is 23.9 Å². The smallest absolute Gasteiger partial charge is 0.408 e. The van der Waals surface area contributed by atoms with Gasteiger partial charge in [-0.2, -0.15) is 5.26 Å². The molecule has 3 rings (SSSR count). The maximum atomic E-state index is 13.3. The number of carbonyl (C=O) groups excluding carboxylic acids is 3. The lowest BCUT2D eigenvalue weighted by Gasteiger charge is -2.30. The van der Waals surface area contributed by atoms with Gasteiger partial charge in [0.15, 0.2) is 6.10 Å². The van der Waals surface area contributed by atoms with Crippen molar-refractivity contribution in [1.82, 2.24) is 20.4 Å². The zero-order chi connectivity index (χ0) is 27.4. The van der Waals surface area contributed by atoms with Crippen molar-refractivity contribution in [3.63, 3.8) is 0 Å². The molecule has 0 spiro atoms. The number of ether oxygens (including phenoxy) is 2. The van der Waals surface area contributed by atoms with Crippen LogP contribution in [0.1, 0.15) is 51.5 Å². The van der Waals surface area contributed by atoms with Gasteiger partial charge in [0.1, 0.15) is 5.54 Å². The lowest BCUT2D eigenvalue weighted by Crippen LogP contribution is -2.53. The fourth-order valence-corrected chi connectivity index (χ4v) is 4.78. The highest BCUT2D eigenvalue weighted by atomic mass is 16.6. The number of benzene rings is 1. The first-order valence-electron chi connectivity index (χ1n) is 13.6. The molecule has 2 saturated heterocycles. The number of nitrogens with zero attached hydrogens (tertiary/aromatic N) is 3. The fraction of sp³-hybridized carbons (Fsp3) is 0.643. The summed E-state index contributed by atoms with van der Waals surface area (Å²) in [5, 5.41) is 15.6. The van der Waals surface area contributed by atoms with Crippen molar-refractivity contribution in [2.24, 2.45) is 5.92 Å². The molecule has 10 heteroatoms. The predicted molar refractivity (Wildman–Crippen MR) is 142 cm³/mol. The minimum atomic E-state index is -1.12. The number of nitrogens with one attached hydrogen (secondary N) is 2. The van der Waals surface area contributed by atoms with Crippen LogP contribution < -0.4 is 10.6 Å². The van der Waals surface area contributed by atoms with Crippen LogP contribution in [-0.4, -0.2) is 85.3 Å². The van der Waals surface area contributed by atoms with E-state index in [0.29, 0.717) is 65.0 Å². The van der Waals surface area contributed by atoms with Crippen LogP contribution in [0, 0.1) is 17.2 Å². The molecule has 0 aromatic heterocycles. The number of carbonyl (C=O) groups is 3. The molecule has 10 nitrogen and oxygen atoms in total. The second-order valence-corrected chi connectivity index (χ2v) is 10.5. The highest BCUT2D eigenvalue weighted by Crippen LogP contribution is 2.23. The normalized spacial score (nSPS) is 21.2. The Morgan fingerprint density at radius 1 is 1.11 bits per heavy atom. The Hall–Kier alpha value is -3.16. The maximum absolute atomic E-state index is 13.3. The molecule has 0 radical (unpaired) electrons. The minimum Gasteiger partial charge on any atom is -0.436 e. The Morgan fingerprint density at radius 2 is 1.84 bits per heavy atom. The number of nitriles is 1. The average molecular weight is 528 g/mol. The molecule has 2 aliphatic rings. The monoisotopic (exact) mass is 527 g/mol. The molecule has 208 valence electrons. The van der Waals surface area contributed by atoms with E-state index in [0.717, 1.165) is 18.7 Å². The van der Waals surface area contributed by atoms with E-state index in [4.69, 9.17) is 9.47 Å². The Morgan fingerprint density at radius 3 is 2.53 bits per heavy atom. The molecule has 0 bridgehead atoms. The summed E-state index contributed by atoms with van der Waals surface area (Å²) >= 11 is 0. The zero-order valence-electron chi connectivity index (χ0n) is 22.6. The lowest BCUT2D eigenvalue weighted by atomic mass is 9.91. The van der Waals surface area contributed by atoms with Crippen LogP contribution in [0.15, 0.2) is 30.3 Å². The van der Waals surface area contributed by atoms with Crippen molar-refractivity contribution in [1.29, 1.82) is 5.26 Å². The van der Waals surface area contributed by atoms with Crippen LogP contribution in [-0.2, 0) is 25.6 Å². The van der Waals surface area contributed by atoms with E-state index in [1.54, 1.807) is 4.90 Å². The van der Waals surface area contributed by atoms with Gasteiger partial charge in [0.25, 0.3) is 5.91 Å². The first kappa shape index (κ1) is 29.4. The molecule has 2 aliphatic heterocycles. The van der Waals surface area contributed by atoms with E-state index in [1.807, 2.05) is 44.2 Å². The van der Waals surface area contributed by atoms with Gasteiger partial charge in [0, 0.05) is 52.1 Å². The summed E-state index contributed by atoms with van der Waals surface area (Å²) in [6.45, 7) is 8.86. The van der Waals surface area contributed by atoms with Gasteiger partial charge in [-0.05, 0) is 30.7 Å². The third kappa shape index (κ3) is 9.30. The van der Waals surface area contributed by atoms with Crippen LogP contribution in [0.5, 0.6) is 0 Å². The van der Waals surface area contributed by atoms with E-state index in [-0.39, 0.29) is 18.4 Å². The summed E-state index contributed by atoms with van der Waals surface area (Å²) in [4.78, 5) is 42.6. The Kier molecular flexibility index (Phi) is 11.4. The van der Waals surface area contributed by atoms with Crippen molar-refractivity contribution in [3.8, 4) is 6.07 Å².